The molecule has 0 aliphatic heterocycles. The summed E-state index contributed by atoms with van der Waals surface area (Å²) in [5.41, 5.74) is 10.2. The van der Waals surface area contributed by atoms with E-state index < -0.39 is 0 Å². The van der Waals surface area contributed by atoms with Gasteiger partial charge in [-0.2, -0.15) is 0 Å². The molecule has 100 valence electrons. The Kier molecular flexibility index (Phi) is 3.90. The molecule has 1 aromatic heterocycles. The van der Waals surface area contributed by atoms with Gasteiger partial charge in [0.15, 0.2) is 5.82 Å². The van der Waals surface area contributed by atoms with E-state index in [4.69, 9.17) is 5.73 Å². The number of nitrogens with zero attached hydrogens (tertiary/aromatic N) is 2. The van der Waals surface area contributed by atoms with E-state index in [9.17, 15) is 0 Å². The number of halogens is 1. The van der Waals surface area contributed by atoms with E-state index in [2.05, 4.69) is 46.7 Å². The minimum absolute atomic E-state index is 0.332. The van der Waals surface area contributed by atoms with Gasteiger partial charge in [0, 0.05) is 21.3 Å². The van der Waals surface area contributed by atoms with Gasteiger partial charge >= 0.3 is 0 Å². The number of rotatable bonds is 2. The van der Waals surface area contributed by atoms with Gasteiger partial charge in [0.1, 0.15) is 5.82 Å². The third-order valence-electron chi connectivity index (χ3n) is 3.17. The first-order valence-electron chi connectivity index (χ1n) is 6.30. The predicted molar refractivity (Wildman–Crippen MR) is 83.1 cm³/mol. The Morgan fingerprint density at radius 2 is 1.84 bits per heavy atom. The molecule has 0 fully saturated rings. The maximum atomic E-state index is 6.07. The summed E-state index contributed by atoms with van der Waals surface area (Å²) in [5.74, 6) is 1.59. The molecule has 19 heavy (non-hydrogen) atoms. The lowest BCUT2D eigenvalue weighted by molar-refractivity contribution is 0.836. The fraction of sp³-hybridized carbons (Fsp3) is 0.333. The van der Waals surface area contributed by atoms with Crippen molar-refractivity contribution in [2.24, 2.45) is 0 Å². The zero-order valence-corrected chi connectivity index (χ0v) is 13.2. The SMILES string of the molecule is Cc1ccc(-c2nc(C)c(C(C)C)c(N)n2)cc1Br. The highest BCUT2D eigenvalue weighted by Gasteiger charge is 2.13. The molecule has 2 aromatic rings. The van der Waals surface area contributed by atoms with Crippen LogP contribution in [0.3, 0.4) is 0 Å². The van der Waals surface area contributed by atoms with Crippen molar-refractivity contribution in [3.05, 3.63) is 39.5 Å². The summed E-state index contributed by atoms with van der Waals surface area (Å²) in [4.78, 5) is 9.03. The molecule has 0 saturated heterocycles. The molecule has 0 amide bonds. The van der Waals surface area contributed by atoms with Gasteiger partial charge in [-0.25, -0.2) is 9.97 Å². The monoisotopic (exact) mass is 319 g/mol. The first kappa shape index (κ1) is 14.0. The van der Waals surface area contributed by atoms with Crippen molar-refractivity contribution in [3.63, 3.8) is 0 Å². The van der Waals surface area contributed by atoms with Gasteiger partial charge in [-0.15, -0.1) is 0 Å². The molecule has 0 spiro atoms. The van der Waals surface area contributed by atoms with Crippen LogP contribution < -0.4 is 5.73 Å². The number of benzene rings is 1. The molecule has 1 heterocycles. The van der Waals surface area contributed by atoms with Crippen molar-refractivity contribution in [2.45, 2.75) is 33.6 Å². The minimum atomic E-state index is 0.332. The average Bonchev–Trinajstić information content (AvgIpc) is 2.31. The van der Waals surface area contributed by atoms with Crippen molar-refractivity contribution in [1.82, 2.24) is 9.97 Å². The van der Waals surface area contributed by atoms with Crippen molar-refractivity contribution in [1.29, 1.82) is 0 Å². The van der Waals surface area contributed by atoms with Crippen LogP contribution >= 0.6 is 15.9 Å². The molecule has 2 N–H and O–H groups in total. The Bertz CT molecular complexity index is 598. The molecule has 4 heteroatoms. The second-order valence-corrected chi connectivity index (χ2v) is 5.90. The van der Waals surface area contributed by atoms with Crippen molar-refractivity contribution < 1.29 is 0 Å². The van der Waals surface area contributed by atoms with Crippen LogP contribution in [0.25, 0.3) is 11.4 Å². The average molecular weight is 320 g/mol. The molecule has 0 atom stereocenters. The van der Waals surface area contributed by atoms with Gasteiger partial charge in [-0.1, -0.05) is 41.9 Å². The Hall–Kier alpha value is -1.42. The summed E-state index contributed by atoms with van der Waals surface area (Å²) in [6.45, 7) is 8.24. The molecular formula is C15H18BrN3. The molecule has 0 saturated carbocycles. The van der Waals surface area contributed by atoms with Crippen LogP contribution in [0.15, 0.2) is 22.7 Å². The van der Waals surface area contributed by atoms with Crippen molar-refractivity contribution >= 4 is 21.7 Å². The van der Waals surface area contributed by atoms with Crippen molar-refractivity contribution in [2.75, 3.05) is 5.73 Å². The highest BCUT2D eigenvalue weighted by Crippen LogP contribution is 2.28. The number of nitrogens with two attached hydrogens (primary N) is 1. The molecule has 3 nitrogen and oxygen atoms in total. The van der Waals surface area contributed by atoms with Crippen LogP contribution in [0.4, 0.5) is 5.82 Å². The topological polar surface area (TPSA) is 51.8 Å². The second kappa shape index (κ2) is 5.29. The largest absolute Gasteiger partial charge is 0.383 e. The van der Waals surface area contributed by atoms with Gasteiger partial charge in [-0.05, 0) is 31.4 Å². The third-order valence-corrected chi connectivity index (χ3v) is 4.03. The second-order valence-electron chi connectivity index (χ2n) is 5.05. The fourth-order valence-corrected chi connectivity index (χ4v) is 2.56. The highest BCUT2D eigenvalue weighted by atomic mass is 79.9. The predicted octanol–water partition coefficient (Wildman–Crippen LogP) is 4.23. The lowest BCUT2D eigenvalue weighted by Gasteiger charge is -2.13. The maximum absolute atomic E-state index is 6.07. The Morgan fingerprint density at radius 1 is 1.16 bits per heavy atom. The van der Waals surface area contributed by atoms with E-state index in [0.717, 1.165) is 21.3 Å². The summed E-state index contributed by atoms with van der Waals surface area (Å²) in [6.07, 6.45) is 0. The van der Waals surface area contributed by atoms with Gasteiger partial charge in [0.05, 0.1) is 0 Å². The van der Waals surface area contributed by atoms with Gasteiger partial charge in [0.2, 0.25) is 0 Å². The van der Waals surface area contributed by atoms with Crippen LogP contribution in [0, 0.1) is 13.8 Å². The normalized spacial score (nSPS) is 11.1. The van der Waals surface area contributed by atoms with Crippen LogP contribution in [0.2, 0.25) is 0 Å². The number of anilines is 1. The molecule has 1 aromatic carbocycles. The van der Waals surface area contributed by atoms with Crippen LogP contribution in [0.5, 0.6) is 0 Å². The quantitative estimate of drug-likeness (QED) is 0.901. The van der Waals surface area contributed by atoms with E-state index in [-0.39, 0.29) is 0 Å². The molecule has 0 radical (unpaired) electrons. The van der Waals surface area contributed by atoms with E-state index >= 15 is 0 Å². The van der Waals surface area contributed by atoms with Crippen LogP contribution in [-0.2, 0) is 0 Å². The third kappa shape index (κ3) is 2.78. The molecular weight excluding hydrogens is 302 g/mol. The maximum Gasteiger partial charge on any atom is 0.161 e. The van der Waals surface area contributed by atoms with Crippen LogP contribution in [-0.4, -0.2) is 9.97 Å². The molecule has 2 rings (SSSR count). The standard InChI is InChI=1S/C15H18BrN3/c1-8(2)13-10(4)18-15(19-14(13)17)11-6-5-9(3)12(16)7-11/h5-8H,1-4H3,(H2,17,18,19). The molecule has 0 unspecified atom stereocenters. The summed E-state index contributed by atoms with van der Waals surface area (Å²) in [5, 5.41) is 0. The Balaban J connectivity index is 2.55. The molecule has 0 aliphatic rings. The lowest BCUT2D eigenvalue weighted by Crippen LogP contribution is -2.06. The summed E-state index contributed by atoms with van der Waals surface area (Å²) in [7, 11) is 0. The number of aryl methyl sites for hydroxylation is 2. The fourth-order valence-electron chi connectivity index (χ4n) is 2.18. The molecule has 0 bridgehead atoms. The minimum Gasteiger partial charge on any atom is -0.383 e. The summed E-state index contributed by atoms with van der Waals surface area (Å²) in [6, 6.07) is 6.09. The first-order chi connectivity index (χ1) is 8.90. The lowest BCUT2D eigenvalue weighted by atomic mass is 10.0. The highest BCUT2D eigenvalue weighted by molar-refractivity contribution is 9.10. The number of hydrogen-bond acceptors (Lipinski definition) is 3. The van der Waals surface area contributed by atoms with Crippen LogP contribution in [0.1, 0.15) is 36.6 Å². The number of hydrogen-bond donors (Lipinski definition) is 1. The first-order valence-corrected chi connectivity index (χ1v) is 7.10. The number of aromatic nitrogens is 2. The smallest absolute Gasteiger partial charge is 0.161 e. The summed E-state index contributed by atoms with van der Waals surface area (Å²) < 4.78 is 1.05. The Labute approximate surface area is 122 Å². The van der Waals surface area contributed by atoms with Gasteiger partial charge in [0.25, 0.3) is 0 Å². The van der Waals surface area contributed by atoms with E-state index in [0.29, 0.717) is 17.6 Å². The zero-order chi connectivity index (χ0) is 14.2. The Morgan fingerprint density at radius 3 is 2.37 bits per heavy atom. The van der Waals surface area contributed by atoms with E-state index in [1.54, 1.807) is 0 Å². The number of nitrogen functional groups attached to an aromatic ring is 1. The molecule has 0 aliphatic carbocycles. The van der Waals surface area contributed by atoms with Crippen molar-refractivity contribution in [3.8, 4) is 11.4 Å². The van der Waals surface area contributed by atoms with E-state index in [1.807, 2.05) is 25.1 Å². The van der Waals surface area contributed by atoms with E-state index in [1.165, 1.54) is 5.56 Å². The van der Waals surface area contributed by atoms with Gasteiger partial charge in [-0.3, -0.25) is 0 Å². The van der Waals surface area contributed by atoms with Gasteiger partial charge < -0.3 is 5.73 Å². The summed E-state index contributed by atoms with van der Waals surface area (Å²) >= 11 is 3.53. The zero-order valence-electron chi connectivity index (χ0n) is 11.7.